The Balaban J connectivity index is 0.000000158. The van der Waals surface area contributed by atoms with Crippen molar-refractivity contribution in [2.45, 2.75) is 104 Å². The van der Waals surface area contributed by atoms with Crippen molar-refractivity contribution >= 4 is 46.0 Å². The van der Waals surface area contributed by atoms with Gasteiger partial charge >= 0.3 is 0 Å². The number of aryl methyl sites for hydroxylation is 2. The van der Waals surface area contributed by atoms with Crippen LogP contribution in [-0.4, -0.2) is 60.0 Å². The Kier molecular flexibility index (Phi) is 12.1. The zero-order valence-electron chi connectivity index (χ0n) is 37.4. The van der Waals surface area contributed by atoms with Crippen molar-refractivity contribution in [3.05, 3.63) is 119 Å². The third-order valence-corrected chi connectivity index (χ3v) is 14.1. The van der Waals surface area contributed by atoms with E-state index in [1.54, 1.807) is 13.8 Å². The van der Waals surface area contributed by atoms with Crippen molar-refractivity contribution in [3.8, 4) is 0 Å². The number of carbonyl (C=O) groups is 2. The average molecular weight is 833 g/mol. The quantitative estimate of drug-likeness (QED) is 0.139. The minimum absolute atomic E-state index is 0.118. The van der Waals surface area contributed by atoms with Crippen LogP contribution in [0, 0.1) is 37.5 Å². The SMILES string of the molecule is CC(=O)N1c2ccc(C3=CCNCC3)cc2[C@@H](Nc2cccc(C)n2)[C@H](C)[C@H]1C1CC1.CC(=O)N1c2ccc(C3=CCNCC3)cc2[C@H](Nc2cccc(C)n2)[C@@H](C)[C@@H]1C1CC1. The second kappa shape index (κ2) is 17.8. The highest BCUT2D eigenvalue weighted by Crippen LogP contribution is 2.52. The summed E-state index contributed by atoms with van der Waals surface area (Å²) in [5.41, 5.74) is 11.9. The van der Waals surface area contributed by atoms with Gasteiger partial charge in [-0.1, -0.05) is 50.3 Å². The van der Waals surface area contributed by atoms with E-state index in [1.165, 1.54) is 59.1 Å². The minimum Gasteiger partial charge on any atom is -0.363 e. The molecule has 2 amide bonds. The number of nitrogens with one attached hydrogen (secondary N) is 4. The summed E-state index contributed by atoms with van der Waals surface area (Å²) in [5.74, 6) is 3.87. The average Bonchev–Trinajstić information content (AvgIpc) is 4.22. The lowest BCUT2D eigenvalue weighted by Crippen LogP contribution is -2.51. The molecule has 2 aromatic heterocycles. The summed E-state index contributed by atoms with van der Waals surface area (Å²) < 4.78 is 0. The van der Waals surface area contributed by atoms with Crippen LogP contribution in [0.5, 0.6) is 0 Å². The third kappa shape index (κ3) is 8.69. The van der Waals surface area contributed by atoms with Crippen LogP contribution in [-0.2, 0) is 9.59 Å². The number of benzene rings is 2. The largest absolute Gasteiger partial charge is 0.363 e. The fraction of sp³-hybridized carbons (Fsp3) is 0.462. The Labute approximate surface area is 368 Å². The molecule has 6 atom stereocenters. The Bertz CT molecular complexity index is 2220. The minimum atomic E-state index is 0.118. The number of hydrogen-bond donors (Lipinski definition) is 4. The Hall–Kier alpha value is -5.32. The molecule has 0 spiro atoms. The van der Waals surface area contributed by atoms with Gasteiger partial charge in [-0.2, -0.15) is 0 Å². The van der Waals surface area contributed by atoms with Crippen LogP contribution in [0.15, 0.2) is 84.9 Å². The Morgan fingerprint density at radius 3 is 1.37 bits per heavy atom. The molecule has 2 aromatic carbocycles. The number of pyridine rings is 2. The van der Waals surface area contributed by atoms with Gasteiger partial charge < -0.3 is 31.1 Å². The van der Waals surface area contributed by atoms with Crippen LogP contribution >= 0.6 is 0 Å². The lowest BCUT2D eigenvalue weighted by molar-refractivity contribution is -0.118. The summed E-state index contributed by atoms with van der Waals surface area (Å²) in [6.07, 6.45) is 11.5. The fourth-order valence-electron chi connectivity index (χ4n) is 10.9. The van der Waals surface area contributed by atoms with Crippen LogP contribution in [0.1, 0.15) is 112 Å². The van der Waals surface area contributed by atoms with Gasteiger partial charge in [0.15, 0.2) is 0 Å². The first-order valence-electron chi connectivity index (χ1n) is 23.1. The second-order valence-corrected chi connectivity index (χ2v) is 18.6. The molecule has 6 aliphatic rings. The molecule has 6 heterocycles. The number of rotatable bonds is 8. The number of carbonyl (C=O) groups excluding carboxylic acids is 2. The smallest absolute Gasteiger partial charge is 0.224 e. The molecule has 0 saturated heterocycles. The maximum Gasteiger partial charge on any atom is 0.224 e. The van der Waals surface area contributed by atoms with Crippen molar-refractivity contribution < 1.29 is 9.59 Å². The van der Waals surface area contributed by atoms with E-state index in [9.17, 15) is 9.59 Å². The van der Waals surface area contributed by atoms with E-state index in [1.807, 2.05) is 38.1 Å². The maximum absolute atomic E-state index is 12.8. The van der Waals surface area contributed by atoms with Gasteiger partial charge in [-0.15, -0.1) is 0 Å². The molecule has 4 N–H and O–H groups in total. The monoisotopic (exact) mass is 833 g/mol. The Morgan fingerprint density at radius 1 is 0.613 bits per heavy atom. The standard InChI is InChI=1S/2C26H32N4O/c2*1-16-5-4-6-24(28-16)29-25-17(2)26(20-7-8-20)30(18(3)31)23-10-9-21(15-22(23)25)19-11-13-27-14-12-19/h2*4-6,9-11,15,17,20,25-27H,7-8,12-14H2,1-3H3,(H,28,29)/t2*17-,25-,26-/m10/s1. The van der Waals surface area contributed by atoms with Gasteiger partial charge in [-0.3, -0.25) is 9.59 Å². The third-order valence-electron chi connectivity index (χ3n) is 14.1. The van der Waals surface area contributed by atoms with Crippen LogP contribution in [0.4, 0.5) is 23.0 Å². The van der Waals surface area contributed by atoms with Crippen LogP contribution in [0.3, 0.4) is 0 Å². The number of hydrogen-bond acceptors (Lipinski definition) is 8. The number of aromatic nitrogens is 2. The van der Waals surface area contributed by atoms with Crippen LogP contribution < -0.4 is 31.1 Å². The lowest BCUT2D eigenvalue weighted by atomic mass is 9.79. The number of amides is 2. The van der Waals surface area contributed by atoms with Crippen molar-refractivity contribution in [2.24, 2.45) is 23.7 Å². The first-order chi connectivity index (χ1) is 30.0. The van der Waals surface area contributed by atoms with E-state index < -0.39 is 0 Å². The predicted octanol–water partition coefficient (Wildman–Crippen LogP) is 9.40. The number of anilines is 4. The van der Waals surface area contributed by atoms with E-state index in [0.717, 1.165) is 73.4 Å². The molecule has 2 saturated carbocycles. The number of nitrogens with zero attached hydrogens (tertiary/aromatic N) is 4. The molecule has 10 nitrogen and oxygen atoms in total. The van der Waals surface area contributed by atoms with E-state index >= 15 is 0 Å². The van der Waals surface area contributed by atoms with Crippen molar-refractivity contribution in [1.82, 2.24) is 20.6 Å². The molecule has 10 rings (SSSR count). The van der Waals surface area contributed by atoms with Gasteiger partial charge in [0.1, 0.15) is 11.6 Å². The zero-order valence-corrected chi connectivity index (χ0v) is 37.4. The van der Waals surface area contributed by atoms with Gasteiger partial charge in [0.05, 0.1) is 12.1 Å². The van der Waals surface area contributed by atoms with Gasteiger partial charge in [-0.05, 0) is 159 Å². The summed E-state index contributed by atoms with van der Waals surface area (Å²) in [4.78, 5) is 39.2. The van der Waals surface area contributed by atoms with Crippen molar-refractivity contribution in [1.29, 1.82) is 0 Å². The molecule has 4 aromatic rings. The summed E-state index contributed by atoms with van der Waals surface area (Å²) >= 11 is 0. The van der Waals surface area contributed by atoms with Crippen LogP contribution in [0.2, 0.25) is 0 Å². The molecular formula is C52H64N8O2. The fourth-order valence-corrected chi connectivity index (χ4v) is 10.9. The normalized spacial score (nSPS) is 25.6. The highest BCUT2D eigenvalue weighted by Gasteiger charge is 2.49. The molecule has 2 aliphatic carbocycles. The molecule has 0 radical (unpaired) electrons. The van der Waals surface area contributed by atoms with Crippen LogP contribution in [0.25, 0.3) is 11.1 Å². The van der Waals surface area contributed by atoms with Gasteiger partial charge in [0, 0.05) is 73.6 Å². The van der Waals surface area contributed by atoms with Crippen molar-refractivity contribution in [3.63, 3.8) is 0 Å². The predicted molar refractivity (Wildman–Crippen MR) is 252 cm³/mol. The first-order valence-corrected chi connectivity index (χ1v) is 23.1. The zero-order chi connectivity index (χ0) is 43.1. The van der Waals surface area contributed by atoms with Crippen molar-refractivity contribution in [2.75, 3.05) is 46.6 Å². The van der Waals surface area contributed by atoms with E-state index in [2.05, 4.69) is 106 Å². The molecule has 4 aliphatic heterocycles. The highest BCUT2D eigenvalue weighted by molar-refractivity contribution is 5.95. The molecule has 10 heteroatoms. The van der Waals surface area contributed by atoms with E-state index in [4.69, 9.17) is 9.97 Å². The molecule has 2 fully saturated rings. The van der Waals surface area contributed by atoms with Gasteiger partial charge in [-0.25, -0.2) is 9.97 Å². The summed E-state index contributed by atoms with van der Waals surface area (Å²) in [7, 11) is 0. The molecule has 324 valence electrons. The summed E-state index contributed by atoms with van der Waals surface area (Å²) in [6.45, 7) is 15.9. The lowest BCUT2D eigenvalue weighted by Gasteiger charge is -2.46. The molecule has 0 bridgehead atoms. The molecular weight excluding hydrogens is 769 g/mol. The topological polar surface area (TPSA) is 115 Å². The van der Waals surface area contributed by atoms with Gasteiger partial charge in [0.2, 0.25) is 11.8 Å². The van der Waals surface area contributed by atoms with Gasteiger partial charge in [0.25, 0.3) is 0 Å². The summed E-state index contributed by atoms with van der Waals surface area (Å²) in [5, 5.41) is 14.3. The van der Waals surface area contributed by atoms with E-state index in [-0.39, 0.29) is 36.0 Å². The molecule has 62 heavy (non-hydrogen) atoms. The Morgan fingerprint density at radius 2 is 1.03 bits per heavy atom. The summed E-state index contributed by atoms with van der Waals surface area (Å²) in [6, 6.07) is 26.3. The van der Waals surface area contributed by atoms with E-state index in [0.29, 0.717) is 23.7 Å². The highest BCUT2D eigenvalue weighted by atomic mass is 16.2. The molecule has 0 unspecified atom stereocenters. The maximum atomic E-state index is 12.8. The second-order valence-electron chi connectivity index (χ2n) is 18.6. The first kappa shape index (κ1) is 42.0. The number of fused-ring (bicyclic) bond motifs is 2.